The summed E-state index contributed by atoms with van der Waals surface area (Å²) in [5.74, 6) is -0.0788. The van der Waals surface area contributed by atoms with Gasteiger partial charge in [0, 0.05) is 34.7 Å². The van der Waals surface area contributed by atoms with Crippen molar-refractivity contribution in [2.45, 2.75) is 11.8 Å². The maximum atomic E-state index is 13.5. The molecule has 2 N–H and O–H groups in total. The number of aryl methyl sites for hydroxylation is 1. The van der Waals surface area contributed by atoms with Crippen LogP contribution in [0.3, 0.4) is 0 Å². The molecular formula is C25H26Cl2N6O4S. The summed E-state index contributed by atoms with van der Waals surface area (Å²) in [4.78, 5) is 22.5. The third-order valence-corrected chi connectivity index (χ3v) is 7.92. The molecule has 200 valence electrons. The molecule has 4 rings (SSSR count). The molecule has 0 saturated heterocycles. The van der Waals surface area contributed by atoms with E-state index in [1.807, 2.05) is 31.8 Å². The van der Waals surface area contributed by atoms with Crippen molar-refractivity contribution in [3.63, 3.8) is 0 Å². The number of nitrogens with one attached hydrogen (secondary N) is 1. The van der Waals surface area contributed by atoms with E-state index in [1.165, 1.54) is 18.2 Å². The standard InChI is InChI=1S/C25H26Cl2N6O4S/c1-16-14-32(24-13-29-23(12-30-24)28-6-7-31(2)3)22-5-4-19(11-21(16)22)33(15-25(34)35)38(36,37)20-9-17(26)8-18(27)10-20/h4-5,8-14H,6-7,15H2,1-3H3,(H,28,29)(H,34,35). The fourth-order valence-electron chi connectivity index (χ4n) is 3.91. The zero-order chi connectivity index (χ0) is 27.6. The highest BCUT2D eigenvalue weighted by Gasteiger charge is 2.28. The van der Waals surface area contributed by atoms with Crippen molar-refractivity contribution in [2.75, 3.05) is 43.4 Å². The lowest BCUT2D eigenvalue weighted by Crippen LogP contribution is -2.35. The smallest absolute Gasteiger partial charge is 0.324 e. The van der Waals surface area contributed by atoms with Crippen LogP contribution in [0.15, 0.2) is 59.9 Å². The van der Waals surface area contributed by atoms with Gasteiger partial charge in [0.15, 0.2) is 5.82 Å². The zero-order valence-corrected chi connectivity index (χ0v) is 23.2. The highest BCUT2D eigenvalue weighted by molar-refractivity contribution is 7.92. The molecule has 2 heterocycles. The predicted octanol–water partition coefficient (Wildman–Crippen LogP) is 4.29. The number of carbonyl (C=O) groups is 1. The van der Waals surface area contributed by atoms with Gasteiger partial charge in [-0.25, -0.2) is 18.4 Å². The summed E-state index contributed by atoms with van der Waals surface area (Å²) in [7, 11) is -0.313. The molecule has 2 aromatic carbocycles. The third-order valence-electron chi connectivity index (χ3n) is 5.73. The lowest BCUT2D eigenvalue weighted by molar-refractivity contribution is -0.135. The van der Waals surface area contributed by atoms with Crippen molar-refractivity contribution < 1.29 is 18.3 Å². The summed E-state index contributed by atoms with van der Waals surface area (Å²) in [5, 5.41) is 13.7. The van der Waals surface area contributed by atoms with Crippen LogP contribution >= 0.6 is 23.2 Å². The Balaban J connectivity index is 1.71. The molecule has 0 saturated carbocycles. The molecule has 0 unspecified atom stereocenters. The lowest BCUT2D eigenvalue weighted by atomic mass is 10.2. The van der Waals surface area contributed by atoms with Crippen molar-refractivity contribution in [3.8, 4) is 5.82 Å². The van der Waals surface area contributed by atoms with Crippen molar-refractivity contribution >= 4 is 61.6 Å². The number of carboxylic acid groups (broad SMARTS) is 1. The molecule has 0 aliphatic rings. The van der Waals surface area contributed by atoms with Gasteiger partial charge in [0.2, 0.25) is 0 Å². The van der Waals surface area contributed by atoms with Crippen LogP contribution in [0.25, 0.3) is 16.7 Å². The van der Waals surface area contributed by atoms with Gasteiger partial charge in [0.1, 0.15) is 12.4 Å². The number of likely N-dealkylation sites (N-methyl/N-ethyl adjacent to an activating group) is 1. The first kappa shape index (κ1) is 27.6. The number of anilines is 2. The molecule has 13 heteroatoms. The molecular weight excluding hydrogens is 551 g/mol. The number of benzene rings is 2. The van der Waals surface area contributed by atoms with E-state index in [2.05, 4.69) is 20.2 Å². The van der Waals surface area contributed by atoms with Crippen molar-refractivity contribution in [1.82, 2.24) is 19.4 Å². The number of aromatic nitrogens is 3. The minimum atomic E-state index is -4.29. The van der Waals surface area contributed by atoms with Crippen molar-refractivity contribution in [2.24, 2.45) is 0 Å². The summed E-state index contributed by atoms with van der Waals surface area (Å²) in [6.45, 7) is 2.67. The summed E-state index contributed by atoms with van der Waals surface area (Å²) < 4.78 is 29.6. The van der Waals surface area contributed by atoms with Crippen LogP contribution in [0.2, 0.25) is 10.0 Å². The minimum absolute atomic E-state index is 0.120. The molecule has 38 heavy (non-hydrogen) atoms. The number of carboxylic acids is 1. The predicted molar refractivity (Wildman–Crippen MR) is 149 cm³/mol. The summed E-state index contributed by atoms with van der Waals surface area (Å²) in [5.41, 5.74) is 1.78. The summed E-state index contributed by atoms with van der Waals surface area (Å²) in [6, 6.07) is 8.77. The molecule has 0 atom stereocenters. The van der Waals surface area contributed by atoms with Crippen LogP contribution in [-0.4, -0.2) is 72.7 Å². The van der Waals surface area contributed by atoms with Gasteiger partial charge in [0.25, 0.3) is 10.0 Å². The Bertz CT molecular complexity index is 1570. The van der Waals surface area contributed by atoms with Gasteiger partial charge in [-0.1, -0.05) is 23.2 Å². The van der Waals surface area contributed by atoms with Crippen LogP contribution in [0.1, 0.15) is 5.56 Å². The number of rotatable bonds is 10. The lowest BCUT2D eigenvalue weighted by Gasteiger charge is -2.23. The van der Waals surface area contributed by atoms with Crippen molar-refractivity contribution in [3.05, 3.63) is 70.6 Å². The maximum absolute atomic E-state index is 13.5. The van der Waals surface area contributed by atoms with E-state index in [1.54, 1.807) is 30.6 Å². The molecule has 0 bridgehead atoms. The average molecular weight is 577 g/mol. The molecule has 0 spiro atoms. The Morgan fingerprint density at radius 2 is 1.79 bits per heavy atom. The Morgan fingerprint density at radius 1 is 1.08 bits per heavy atom. The minimum Gasteiger partial charge on any atom is -0.480 e. The Kier molecular flexibility index (Phi) is 8.12. The quantitative estimate of drug-likeness (QED) is 0.287. The van der Waals surface area contributed by atoms with E-state index in [4.69, 9.17) is 23.2 Å². The number of halogens is 2. The molecule has 0 amide bonds. The first-order valence-electron chi connectivity index (χ1n) is 11.5. The first-order chi connectivity index (χ1) is 18.0. The molecule has 10 nitrogen and oxygen atoms in total. The van der Waals surface area contributed by atoms with E-state index in [9.17, 15) is 18.3 Å². The van der Waals surface area contributed by atoms with Gasteiger partial charge in [-0.05, 0) is 63.0 Å². The number of hydrogen-bond donors (Lipinski definition) is 2. The topological polar surface area (TPSA) is 121 Å². The van der Waals surface area contributed by atoms with Gasteiger partial charge in [-0.15, -0.1) is 0 Å². The molecule has 2 aromatic heterocycles. The number of fused-ring (bicyclic) bond motifs is 1. The normalized spacial score (nSPS) is 11.7. The Morgan fingerprint density at radius 3 is 2.39 bits per heavy atom. The third kappa shape index (κ3) is 6.02. The zero-order valence-electron chi connectivity index (χ0n) is 20.9. The van der Waals surface area contributed by atoms with E-state index >= 15 is 0 Å². The maximum Gasteiger partial charge on any atom is 0.324 e. The van der Waals surface area contributed by atoms with Crippen LogP contribution in [0, 0.1) is 6.92 Å². The fourth-order valence-corrected chi connectivity index (χ4v) is 6.05. The molecule has 0 fully saturated rings. The number of nitrogens with zero attached hydrogens (tertiary/aromatic N) is 5. The van der Waals surface area contributed by atoms with Gasteiger partial charge >= 0.3 is 5.97 Å². The van der Waals surface area contributed by atoms with Crippen LogP contribution in [0.5, 0.6) is 0 Å². The second-order valence-electron chi connectivity index (χ2n) is 8.88. The van der Waals surface area contributed by atoms with E-state index in [-0.39, 0.29) is 20.6 Å². The average Bonchev–Trinajstić information content (AvgIpc) is 3.17. The van der Waals surface area contributed by atoms with E-state index in [0.717, 1.165) is 33.9 Å². The summed E-state index contributed by atoms with van der Waals surface area (Å²) >= 11 is 12.0. The second kappa shape index (κ2) is 11.2. The van der Waals surface area contributed by atoms with Gasteiger partial charge < -0.3 is 15.3 Å². The van der Waals surface area contributed by atoms with Crippen LogP contribution < -0.4 is 9.62 Å². The molecule has 0 radical (unpaired) electrons. The monoisotopic (exact) mass is 576 g/mol. The van der Waals surface area contributed by atoms with Gasteiger partial charge in [-0.2, -0.15) is 0 Å². The highest BCUT2D eigenvalue weighted by Crippen LogP contribution is 2.32. The Labute approximate surface area is 230 Å². The number of hydrogen-bond acceptors (Lipinski definition) is 7. The van der Waals surface area contributed by atoms with Crippen LogP contribution in [0.4, 0.5) is 11.5 Å². The Hall–Kier alpha value is -3.38. The first-order valence-corrected chi connectivity index (χ1v) is 13.7. The molecule has 0 aliphatic carbocycles. The van der Waals surface area contributed by atoms with Gasteiger partial charge in [-0.3, -0.25) is 13.7 Å². The van der Waals surface area contributed by atoms with E-state index < -0.39 is 22.5 Å². The number of sulfonamides is 1. The van der Waals surface area contributed by atoms with Crippen LogP contribution in [-0.2, 0) is 14.8 Å². The second-order valence-corrected chi connectivity index (χ2v) is 11.6. The highest BCUT2D eigenvalue weighted by atomic mass is 35.5. The fraction of sp³-hybridized carbons (Fsp3) is 0.240. The largest absolute Gasteiger partial charge is 0.480 e. The molecule has 0 aliphatic heterocycles. The van der Waals surface area contributed by atoms with Crippen molar-refractivity contribution in [1.29, 1.82) is 0 Å². The SMILES string of the molecule is Cc1cn(-c2cnc(NCCN(C)C)cn2)c2ccc(N(CC(=O)O)S(=O)(=O)c3cc(Cl)cc(Cl)c3)cc12. The van der Waals surface area contributed by atoms with E-state index in [0.29, 0.717) is 11.6 Å². The summed E-state index contributed by atoms with van der Waals surface area (Å²) in [6.07, 6.45) is 5.16. The molecule has 4 aromatic rings. The number of aliphatic carboxylic acids is 1. The van der Waals surface area contributed by atoms with Gasteiger partial charge in [0.05, 0.1) is 28.5 Å².